The van der Waals surface area contributed by atoms with E-state index in [0.717, 1.165) is 37.6 Å². The molecule has 3 nitrogen and oxygen atoms in total. The van der Waals surface area contributed by atoms with Gasteiger partial charge in [-0.25, -0.2) is 4.98 Å². The van der Waals surface area contributed by atoms with Crippen LogP contribution < -0.4 is 4.90 Å². The predicted octanol–water partition coefficient (Wildman–Crippen LogP) is 2.74. The summed E-state index contributed by atoms with van der Waals surface area (Å²) in [5.41, 5.74) is 1.14. The van der Waals surface area contributed by atoms with Crippen LogP contribution in [0.5, 0.6) is 0 Å². The zero-order valence-corrected chi connectivity index (χ0v) is 12.0. The third kappa shape index (κ3) is 2.78. The molecule has 100 valence electrons. The molecule has 2 rings (SSSR count). The molecule has 1 unspecified atom stereocenters. The van der Waals surface area contributed by atoms with E-state index in [0.29, 0.717) is 11.9 Å². The van der Waals surface area contributed by atoms with E-state index in [-0.39, 0.29) is 0 Å². The normalized spacial score (nSPS) is 19.8. The number of nitrogens with zero attached hydrogens (tertiary/aromatic N) is 3. The summed E-state index contributed by atoms with van der Waals surface area (Å²) >= 11 is 5.99. The highest BCUT2D eigenvalue weighted by molar-refractivity contribution is 6.17. The molecule has 0 bridgehead atoms. The maximum Gasteiger partial charge on any atom is 0.132 e. The Balaban J connectivity index is 2.08. The SMILES string of the molecule is CCN(CC)C1CCN(c2ncccc2CCl)C1. The van der Waals surface area contributed by atoms with Gasteiger partial charge in [-0.1, -0.05) is 19.9 Å². The van der Waals surface area contributed by atoms with Crippen molar-refractivity contribution in [1.29, 1.82) is 0 Å². The van der Waals surface area contributed by atoms with Gasteiger partial charge < -0.3 is 4.90 Å². The van der Waals surface area contributed by atoms with Gasteiger partial charge in [0.15, 0.2) is 0 Å². The van der Waals surface area contributed by atoms with E-state index in [1.165, 1.54) is 6.42 Å². The molecular formula is C14H22ClN3. The van der Waals surface area contributed by atoms with E-state index in [2.05, 4.69) is 34.7 Å². The molecule has 0 amide bonds. The van der Waals surface area contributed by atoms with Crippen LogP contribution in [-0.4, -0.2) is 42.1 Å². The van der Waals surface area contributed by atoms with Gasteiger partial charge in [-0.2, -0.15) is 0 Å². The molecule has 1 fully saturated rings. The number of anilines is 1. The van der Waals surface area contributed by atoms with E-state index < -0.39 is 0 Å². The summed E-state index contributed by atoms with van der Waals surface area (Å²) in [6, 6.07) is 4.68. The van der Waals surface area contributed by atoms with Crippen LogP contribution >= 0.6 is 11.6 Å². The Bertz CT molecular complexity index is 379. The molecule has 1 aromatic heterocycles. The Kier molecular flexibility index (Phi) is 4.84. The number of likely N-dealkylation sites (N-methyl/N-ethyl adjacent to an activating group) is 1. The standard InChI is InChI=1S/C14H22ClN3/c1-3-17(4-2)13-7-9-18(11-13)14-12(10-15)6-5-8-16-14/h5-6,8,13H,3-4,7,9-11H2,1-2H3. The number of pyridine rings is 1. The molecule has 1 saturated heterocycles. The molecule has 0 aliphatic carbocycles. The minimum atomic E-state index is 0.537. The van der Waals surface area contributed by atoms with Crippen molar-refractivity contribution < 1.29 is 0 Å². The third-order valence-electron chi connectivity index (χ3n) is 3.80. The highest BCUT2D eigenvalue weighted by atomic mass is 35.5. The van der Waals surface area contributed by atoms with Crippen molar-refractivity contribution >= 4 is 17.4 Å². The van der Waals surface area contributed by atoms with Crippen molar-refractivity contribution in [2.24, 2.45) is 0 Å². The number of hydrogen-bond acceptors (Lipinski definition) is 3. The van der Waals surface area contributed by atoms with Gasteiger partial charge in [0.25, 0.3) is 0 Å². The van der Waals surface area contributed by atoms with E-state index >= 15 is 0 Å². The lowest BCUT2D eigenvalue weighted by Gasteiger charge is -2.26. The average Bonchev–Trinajstić information content (AvgIpc) is 2.89. The van der Waals surface area contributed by atoms with Gasteiger partial charge in [0, 0.05) is 30.9 Å². The summed E-state index contributed by atoms with van der Waals surface area (Å²) in [6.45, 7) is 8.87. The number of rotatable bonds is 5. The Morgan fingerprint density at radius 1 is 1.44 bits per heavy atom. The van der Waals surface area contributed by atoms with Crippen LogP contribution in [0.15, 0.2) is 18.3 Å². The van der Waals surface area contributed by atoms with Crippen molar-refractivity contribution in [2.45, 2.75) is 32.2 Å². The number of alkyl halides is 1. The van der Waals surface area contributed by atoms with Crippen LogP contribution in [0.1, 0.15) is 25.8 Å². The van der Waals surface area contributed by atoms with Crippen LogP contribution in [0.25, 0.3) is 0 Å². The molecule has 1 aliphatic heterocycles. The smallest absolute Gasteiger partial charge is 0.132 e. The fraction of sp³-hybridized carbons (Fsp3) is 0.643. The molecule has 0 N–H and O–H groups in total. The first-order valence-electron chi connectivity index (χ1n) is 6.79. The Hall–Kier alpha value is -0.800. The average molecular weight is 268 g/mol. The maximum absolute atomic E-state index is 5.99. The van der Waals surface area contributed by atoms with Crippen molar-refractivity contribution in [2.75, 3.05) is 31.1 Å². The molecule has 2 heterocycles. The van der Waals surface area contributed by atoms with Gasteiger partial charge in [0.1, 0.15) is 5.82 Å². The zero-order valence-electron chi connectivity index (χ0n) is 11.3. The van der Waals surface area contributed by atoms with E-state index in [1.807, 2.05) is 12.3 Å². The summed E-state index contributed by atoms with van der Waals surface area (Å²) in [7, 11) is 0. The fourth-order valence-electron chi connectivity index (χ4n) is 2.79. The molecule has 1 aliphatic rings. The lowest BCUT2D eigenvalue weighted by Crippen LogP contribution is -2.37. The molecular weight excluding hydrogens is 246 g/mol. The van der Waals surface area contributed by atoms with Crippen LogP contribution in [0.3, 0.4) is 0 Å². The summed E-state index contributed by atoms with van der Waals surface area (Å²) in [5, 5.41) is 0. The molecule has 0 spiro atoms. The number of halogens is 1. The number of aromatic nitrogens is 1. The minimum Gasteiger partial charge on any atom is -0.355 e. The van der Waals surface area contributed by atoms with Gasteiger partial charge in [-0.15, -0.1) is 11.6 Å². The number of hydrogen-bond donors (Lipinski definition) is 0. The molecule has 0 aromatic carbocycles. The minimum absolute atomic E-state index is 0.537. The molecule has 4 heteroatoms. The molecule has 18 heavy (non-hydrogen) atoms. The molecule has 0 radical (unpaired) electrons. The zero-order chi connectivity index (χ0) is 13.0. The largest absolute Gasteiger partial charge is 0.355 e. The summed E-state index contributed by atoms with van der Waals surface area (Å²) in [4.78, 5) is 9.41. The van der Waals surface area contributed by atoms with Gasteiger partial charge in [0.2, 0.25) is 0 Å². The molecule has 1 atom stereocenters. The van der Waals surface area contributed by atoms with Crippen LogP contribution in [0.4, 0.5) is 5.82 Å². The van der Waals surface area contributed by atoms with Gasteiger partial charge in [0.05, 0.1) is 5.88 Å². The Morgan fingerprint density at radius 2 is 2.22 bits per heavy atom. The lowest BCUT2D eigenvalue weighted by atomic mass is 10.2. The first-order valence-corrected chi connectivity index (χ1v) is 7.32. The second-order valence-electron chi connectivity index (χ2n) is 4.73. The summed E-state index contributed by atoms with van der Waals surface area (Å²) in [5.74, 6) is 1.61. The van der Waals surface area contributed by atoms with Crippen molar-refractivity contribution in [3.05, 3.63) is 23.9 Å². The highest BCUT2D eigenvalue weighted by Crippen LogP contribution is 2.25. The van der Waals surface area contributed by atoms with E-state index in [4.69, 9.17) is 11.6 Å². The van der Waals surface area contributed by atoms with Gasteiger partial charge in [-0.3, -0.25) is 4.90 Å². The van der Waals surface area contributed by atoms with Gasteiger partial charge >= 0.3 is 0 Å². The summed E-state index contributed by atoms with van der Waals surface area (Å²) in [6.07, 6.45) is 3.08. The summed E-state index contributed by atoms with van der Waals surface area (Å²) < 4.78 is 0. The topological polar surface area (TPSA) is 19.4 Å². The lowest BCUT2D eigenvalue weighted by molar-refractivity contribution is 0.232. The van der Waals surface area contributed by atoms with Crippen LogP contribution in [0, 0.1) is 0 Å². The first-order chi connectivity index (χ1) is 8.80. The van der Waals surface area contributed by atoms with E-state index in [1.54, 1.807) is 0 Å². The first kappa shape index (κ1) is 13.6. The van der Waals surface area contributed by atoms with E-state index in [9.17, 15) is 0 Å². The van der Waals surface area contributed by atoms with Crippen LogP contribution in [-0.2, 0) is 5.88 Å². The molecule has 1 aromatic rings. The third-order valence-corrected chi connectivity index (χ3v) is 4.09. The fourth-order valence-corrected chi connectivity index (χ4v) is 3.00. The van der Waals surface area contributed by atoms with Gasteiger partial charge in [-0.05, 0) is 25.6 Å². The molecule has 0 saturated carbocycles. The van der Waals surface area contributed by atoms with Crippen LogP contribution in [0.2, 0.25) is 0 Å². The van der Waals surface area contributed by atoms with Crippen molar-refractivity contribution in [3.8, 4) is 0 Å². The second kappa shape index (κ2) is 6.39. The quantitative estimate of drug-likeness (QED) is 0.765. The maximum atomic E-state index is 5.99. The monoisotopic (exact) mass is 267 g/mol. The highest BCUT2D eigenvalue weighted by Gasteiger charge is 2.27. The second-order valence-corrected chi connectivity index (χ2v) is 5.00. The van der Waals surface area contributed by atoms with Crippen molar-refractivity contribution in [1.82, 2.24) is 9.88 Å². The Labute approximate surface area is 115 Å². The predicted molar refractivity (Wildman–Crippen MR) is 77.3 cm³/mol. The Morgan fingerprint density at radius 3 is 2.89 bits per heavy atom. The van der Waals surface area contributed by atoms with Crippen molar-refractivity contribution in [3.63, 3.8) is 0 Å².